The van der Waals surface area contributed by atoms with Gasteiger partial charge in [-0.15, -0.1) is 0 Å². The van der Waals surface area contributed by atoms with Crippen LogP contribution in [-0.4, -0.2) is 21.2 Å². The highest BCUT2D eigenvalue weighted by atomic mass is 15.1. The maximum atomic E-state index is 8.98. The van der Waals surface area contributed by atoms with Gasteiger partial charge in [-0.25, -0.2) is 15.0 Å². The molecule has 8 heteroatoms. The number of benzene rings is 1. The maximum Gasteiger partial charge on any atom is 0.137 e. The number of nitrogen functional groups attached to an aromatic ring is 1. The molecule has 0 aliphatic rings. The van der Waals surface area contributed by atoms with Gasteiger partial charge < -0.3 is 21.8 Å². The Morgan fingerprint density at radius 3 is 2.58 bits per heavy atom. The number of hydrogen-bond acceptors (Lipinski definition) is 8. The summed E-state index contributed by atoms with van der Waals surface area (Å²) in [4.78, 5) is 12.2. The summed E-state index contributed by atoms with van der Waals surface area (Å²) in [5, 5.41) is 22.9. The Labute approximate surface area is 150 Å². The summed E-state index contributed by atoms with van der Waals surface area (Å²) < 4.78 is 0. The van der Waals surface area contributed by atoms with Gasteiger partial charge in [-0.05, 0) is 30.7 Å². The van der Waals surface area contributed by atoms with E-state index in [1.165, 1.54) is 12.5 Å². The molecule has 0 saturated heterocycles. The van der Waals surface area contributed by atoms with Crippen LogP contribution < -0.4 is 16.4 Å². The third-order valence-electron chi connectivity index (χ3n) is 3.66. The standard InChI is InChI=1S/C18H16N8/c1-11-4-12(7-19)2-3-14(11)25-15-5-17(22-9-13(15)8-20)26-18-6-16(21)23-10-24-18/h2-6,8-10,20H,1H3,(H4,21,22,23,24,25,26). The van der Waals surface area contributed by atoms with Gasteiger partial charge in [0.05, 0.1) is 17.3 Å². The van der Waals surface area contributed by atoms with Gasteiger partial charge in [0, 0.05) is 35.8 Å². The fraction of sp³-hybridized carbons (Fsp3) is 0.0556. The lowest BCUT2D eigenvalue weighted by molar-refractivity contribution is 1.16. The zero-order chi connectivity index (χ0) is 18.5. The molecule has 0 aliphatic carbocycles. The number of rotatable bonds is 5. The molecular weight excluding hydrogens is 328 g/mol. The van der Waals surface area contributed by atoms with Gasteiger partial charge in [-0.2, -0.15) is 5.26 Å². The fourth-order valence-corrected chi connectivity index (χ4v) is 2.35. The van der Waals surface area contributed by atoms with Gasteiger partial charge in [-0.3, -0.25) is 0 Å². The summed E-state index contributed by atoms with van der Waals surface area (Å²) in [6.07, 6.45) is 4.17. The molecular formula is C18H16N8. The van der Waals surface area contributed by atoms with Crippen LogP contribution in [0, 0.1) is 23.7 Å². The molecule has 0 spiro atoms. The van der Waals surface area contributed by atoms with Gasteiger partial charge in [0.2, 0.25) is 0 Å². The van der Waals surface area contributed by atoms with E-state index < -0.39 is 0 Å². The lowest BCUT2D eigenvalue weighted by atomic mass is 10.1. The highest BCUT2D eigenvalue weighted by molar-refractivity contribution is 5.88. The van der Waals surface area contributed by atoms with Gasteiger partial charge >= 0.3 is 0 Å². The lowest BCUT2D eigenvalue weighted by Gasteiger charge is -2.14. The molecule has 0 saturated carbocycles. The molecule has 0 bridgehead atoms. The lowest BCUT2D eigenvalue weighted by Crippen LogP contribution is -2.02. The first-order valence-corrected chi connectivity index (χ1v) is 7.72. The second-order valence-corrected chi connectivity index (χ2v) is 5.52. The first-order chi connectivity index (χ1) is 12.6. The van der Waals surface area contributed by atoms with Crippen molar-refractivity contribution in [3.8, 4) is 6.07 Å². The van der Waals surface area contributed by atoms with Gasteiger partial charge in [0.25, 0.3) is 0 Å². The van der Waals surface area contributed by atoms with Crippen molar-refractivity contribution >= 4 is 35.0 Å². The van der Waals surface area contributed by atoms with Crippen LogP contribution >= 0.6 is 0 Å². The Balaban J connectivity index is 1.91. The molecule has 0 atom stereocenters. The predicted octanol–water partition coefficient (Wildman–Crippen LogP) is 3.12. The Morgan fingerprint density at radius 1 is 1.08 bits per heavy atom. The molecule has 128 valence electrons. The Kier molecular flexibility index (Phi) is 4.71. The average molecular weight is 344 g/mol. The molecule has 8 nitrogen and oxygen atoms in total. The average Bonchev–Trinajstić information content (AvgIpc) is 2.63. The van der Waals surface area contributed by atoms with Crippen molar-refractivity contribution in [1.29, 1.82) is 10.7 Å². The molecule has 5 N–H and O–H groups in total. The highest BCUT2D eigenvalue weighted by Crippen LogP contribution is 2.26. The monoisotopic (exact) mass is 344 g/mol. The van der Waals surface area contributed by atoms with Crippen molar-refractivity contribution in [2.45, 2.75) is 6.92 Å². The van der Waals surface area contributed by atoms with E-state index in [1.807, 2.05) is 13.0 Å². The number of anilines is 5. The van der Waals surface area contributed by atoms with E-state index in [9.17, 15) is 0 Å². The number of hydrogen-bond donors (Lipinski definition) is 4. The molecule has 26 heavy (non-hydrogen) atoms. The molecule has 3 aromatic rings. The largest absolute Gasteiger partial charge is 0.384 e. The smallest absolute Gasteiger partial charge is 0.137 e. The van der Waals surface area contributed by atoms with Crippen LogP contribution in [0.5, 0.6) is 0 Å². The fourth-order valence-electron chi connectivity index (χ4n) is 2.35. The number of nitrogens with one attached hydrogen (secondary N) is 3. The minimum absolute atomic E-state index is 0.352. The van der Waals surface area contributed by atoms with E-state index in [0.29, 0.717) is 34.3 Å². The van der Waals surface area contributed by atoms with Crippen molar-refractivity contribution in [2.75, 3.05) is 16.4 Å². The van der Waals surface area contributed by atoms with Gasteiger partial charge in [-0.1, -0.05) is 0 Å². The Morgan fingerprint density at radius 2 is 1.88 bits per heavy atom. The zero-order valence-corrected chi connectivity index (χ0v) is 14.0. The third kappa shape index (κ3) is 3.73. The molecule has 2 aromatic heterocycles. The minimum atomic E-state index is 0.352. The minimum Gasteiger partial charge on any atom is -0.384 e. The molecule has 2 heterocycles. The predicted molar refractivity (Wildman–Crippen MR) is 101 cm³/mol. The van der Waals surface area contributed by atoms with Crippen LogP contribution in [0.25, 0.3) is 0 Å². The molecule has 1 aromatic carbocycles. The number of aryl methyl sites for hydroxylation is 1. The molecule has 0 aliphatic heterocycles. The van der Waals surface area contributed by atoms with Crippen molar-refractivity contribution in [1.82, 2.24) is 15.0 Å². The van der Waals surface area contributed by atoms with E-state index in [1.54, 1.807) is 30.5 Å². The van der Waals surface area contributed by atoms with Crippen LogP contribution in [0.2, 0.25) is 0 Å². The summed E-state index contributed by atoms with van der Waals surface area (Å²) in [5.74, 6) is 1.42. The van der Waals surface area contributed by atoms with Crippen molar-refractivity contribution in [3.63, 3.8) is 0 Å². The van der Waals surface area contributed by atoms with E-state index in [0.717, 1.165) is 11.3 Å². The van der Waals surface area contributed by atoms with Gasteiger partial charge in [0.15, 0.2) is 0 Å². The quantitative estimate of drug-likeness (QED) is 0.522. The van der Waals surface area contributed by atoms with Crippen LogP contribution in [0.15, 0.2) is 42.9 Å². The van der Waals surface area contributed by atoms with Crippen LogP contribution in [0.1, 0.15) is 16.7 Å². The van der Waals surface area contributed by atoms with Crippen LogP contribution in [0.3, 0.4) is 0 Å². The molecule has 0 amide bonds. The van der Waals surface area contributed by atoms with Crippen molar-refractivity contribution < 1.29 is 0 Å². The summed E-state index contributed by atoms with van der Waals surface area (Å²) in [6.45, 7) is 1.91. The molecule has 0 unspecified atom stereocenters. The van der Waals surface area contributed by atoms with E-state index in [2.05, 4.69) is 31.7 Å². The summed E-state index contributed by atoms with van der Waals surface area (Å²) in [6, 6.07) is 10.9. The SMILES string of the molecule is Cc1cc(C#N)ccc1Nc1cc(Nc2cc(N)ncn2)ncc1C=N. The number of aromatic nitrogens is 3. The highest BCUT2D eigenvalue weighted by Gasteiger charge is 2.07. The van der Waals surface area contributed by atoms with E-state index in [4.69, 9.17) is 16.4 Å². The number of nitriles is 1. The summed E-state index contributed by atoms with van der Waals surface area (Å²) in [7, 11) is 0. The van der Waals surface area contributed by atoms with Crippen molar-refractivity contribution in [3.05, 3.63) is 59.5 Å². The Hall–Kier alpha value is -3.99. The normalized spacial score (nSPS) is 10.0. The number of pyridine rings is 1. The zero-order valence-electron chi connectivity index (χ0n) is 14.0. The molecule has 0 fully saturated rings. The second-order valence-electron chi connectivity index (χ2n) is 5.52. The van der Waals surface area contributed by atoms with Crippen LogP contribution in [-0.2, 0) is 0 Å². The topological polar surface area (TPSA) is 136 Å². The molecule has 3 rings (SSSR count). The molecule has 0 radical (unpaired) electrons. The summed E-state index contributed by atoms with van der Waals surface area (Å²) in [5.41, 5.74) is 9.35. The third-order valence-corrected chi connectivity index (χ3v) is 3.66. The Bertz CT molecular complexity index is 1010. The number of nitrogens with two attached hydrogens (primary N) is 1. The first-order valence-electron chi connectivity index (χ1n) is 7.72. The summed E-state index contributed by atoms with van der Waals surface area (Å²) >= 11 is 0. The maximum absolute atomic E-state index is 8.98. The van der Waals surface area contributed by atoms with Crippen LogP contribution in [0.4, 0.5) is 28.8 Å². The second kappa shape index (κ2) is 7.27. The van der Waals surface area contributed by atoms with Gasteiger partial charge in [0.1, 0.15) is 23.8 Å². The van der Waals surface area contributed by atoms with E-state index in [-0.39, 0.29) is 0 Å². The van der Waals surface area contributed by atoms with E-state index >= 15 is 0 Å². The first kappa shape index (κ1) is 16.9. The van der Waals surface area contributed by atoms with Crippen molar-refractivity contribution in [2.24, 2.45) is 0 Å². The number of nitrogens with zero attached hydrogens (tertiary/aromatic N) is 4.